The quantitative estimate of drug-likeness (QED) is 0.602. The van der Waals surface area contributed by atoms with Crippen LogP contribution in [0.3, 0.4) is 0 Å². The van der Waals surface area contributed by atoms with Gasteiger partial charge in [-0.1, -0.05) is 6.92 Å². The van der Waals surface area contributed by atoms with Gasteiger partial charge in [0.15, 0.2) is 5.78 Å². The highest BCUT2D eigenvalue weighted by Crippen LogP contribution is 2.30. The van der Waals surface area contributed by atoms with Crippen LogP contribution in [-0.4, -0.2) is 44.4 Å². The van der Waals surface area contributed by atoms with Crippen LogP contribution in [0.2, 0.25) is 0 Å². The summed E-state index contributed by atoms with van der Waals surface area (Å²) >= 11 is 2.29. The van der Waals surface area contributed by atoms with E-state index in [9.17, 15) is 19.5 Å². The third-order valence-electron chi connectivity index (χ3n) is 3.10. The van der Waals surface area contributed by atoms with E-state index >= 15 is 0 Å². The largest absolute Gasteiger partial charge is 0.493 e. The predicted molar refractivity (Wildman–Crippen MR) is 96.6 cm³/mol. The lowest BCUT2D eigenvalue weighted by Gasteiger charge is -2.05. The van der Waals surface area contributed by atoms with Crippen molar-refractivity contribution >= 4 is 45.8 Å². The van der Waals surface area contributed by atoms with Gasteiger partial charge in [0.2, 0.25) is 11.8 Å². The van der Waals surface area contributed by atoms with Gasteiger partial charge in [0.05, 0.1) is 17.1 Å². The zero-order valence-corrected chi connectivity index (χ0v) is 14.9. The zero-order valence-electron chi connectivity index (χ0n) is 13.3. The molecule has 2 heterocycles. The number of anilines is 1. The topological polar surface area (TPSA) is 117 Å². The molecule has 0 fully saturated rings. The number of aliphatic carboxylic acids is 1. The number of nitrogens with one attached hydrogen (secondary N) is 1. The number of aryl methyl sites for hydroxylation is 1. The minimum absolute atomic E-state index is 0.0138. The molecule has 2 aromatic heterocycles. The predicted octanol–water partition coefficient (Wildman–Crippen LogP) is 2.40. The Morgan fingerprint density at radius 1 is 1.28 bits per heavy atom. The maximum Gasteiger partial charge on any atom is 0.313 e. The summed E-state index contributed by atoms with van der Waals surface area (Å²) in [5, 5.41) is 20.9. The SMILES string of the molecule is CCc1cc(C(=O)c2ccc(O)nc2)c(NC(=O)CSCC(=O)O)s1. The number of rotatable bonds is 8. The highest BCUT2D eigenvalue weighted by Gasteiger charge is 2.19. The van der Waals surface area contributed by atoms with Gasteiger partial charge in [-0.2, -0.15) is 0 Å². The Morgan fingerprint density at radius 3 is 2.64 bits per heavy atom. The van der Waals surface area contributed by atoms with Gasteiger partial charge in [-0.3, -0.25) is 14.4 Å². The van der Waals surface area contributed by atoms with Crippen molar-refractivity contribution in [3.63, 3.8) is 0 Å². The van der Waals surface area contributed by atoms with Crippen LogP contribution < -0.4 is 5.32 Å². The molecule has 0 radical (unpaired) electrons. The van der Waals surface area contributed by atoms with Gasteiger partial charge in [0, 0.05) is 22.7 Å². The molecular weight excluding hydrogens is 364 g/mol. The number of ketones is 1. The summed E-state index contributed by atoms with van der Waals surface area (Å²) in [7, 11) is 0. The second-order valence-corrected chi connectivity index (χ2v) is 7.10. The fourth-order valence-corrected chi connectivity index (χ4v) is 3.49. The number of aromatic hydroxyl groups is 1. The molecule has 2 aromatic rings. The van der Waals surface area contributed by atoms with E-state index < -0.39 is 5.97 Å². The number of carbonyl (C=O) groups is 3. The van der Waals surface area contributed by atoms with Crippen molar-refractivity contribution in [1.29, 1.82) is 0 Å². The molecule has 2 rings (SSSR count). The number of carboxylic acid groups (broad SMARTS) is 1. The number of pyridine rings is 1. The molecule has 0 spiro atoms. The Bertz CT molecular complexity index is 786. The first kappa shape index (κ1) is 18.9. The van der Waals surface area contributed by atoms with E-state index in [2.05, 4.69) is 10.3 Å². The number of nitrogens with zero attached hydrogens (tertiary/aromatic N) is 1. The van der Waals surface area contributed by atoms with Crippen molar-refractivity contribution in [1.82, 2.24) is 4.98 Å². The highest BCUT2D eigenvalue weighted by molar-refractivity contribution is 8.00. The second kappa shape index (κ2) is 8.63. The van der Waals surface area contributed by atoms with Crippen molar-refractivity contribution in [2.24, 2.45) is 0 Å². The van der Waals surface area contributed by atoms with Crippen LogP contribution in [0.5, 0.6) is 5.88 Å². The Kier molecular flexibility index (Phi) is 6.54. The molecule has 7 nitrogen and oxygen atoms in total. The lowest BCUT2D eigenvalue weighted by Crippen LogP contribution is -2.16. The third-order valence-corrected chi connectivity index (χ3v) is 5.21. The maximum atomic E-state index is 12.6. The van der Waals surface area contributed by atoms with Crippen molar-refractivity contribution in [3.05, 3.63) is 40.4 Å². The molecule has 25 heavy (non-hydrogen) atoms. The van der Waals surface area contributed by atoms with Crippen LogP contribution in [0, 0.1) is 0 Å². The Balaban J connectivity index is 2.16. The summed E-state index contributed by atoms with van der Waals surface area (Å²) in [5.41, 5.74) is 0.653. The Morgan fingerprint density at radius 2 is 2.04 bits per heavy atom. The molecule has 132 valence electrons. The molecule has 0 bridgehead atoms. The number of thioether (sulfide) groups is 1. The molecule has 3 N–H and O–H groups in total. The number of hydrogen-bond acceptors (Lipinski definition) is 7. The average molecular weight is 380 g/mol. The van der Waals surface area contributed by atoms with E-state index in [-0.39, 0.29) is 29.1 Å². The summed E-state index contributed by atoms with van der Waals surface area (Å²) in [6.07, 6.45) is 1.98. The first-order chi connectivity index (χ1) is 11.9. The van der Waals surface area contributed by atoms with Gasteiger partial charge in [-0.25, -0.2) is 4.98 Å². The molecule has 1 amide bonds. The zero-order chi connectivity index (χ0) is 18.4. The van der Waals surface area contributed by atoms with Crippen molar-refractivity contribution in [2.45, 2.75) is 13.3 Å². The van der Waals surface area contributed by atoms with E-state index in [0.29, 0.717) is 22.5 Å². The smallest absolute Gasteiger partial charge is 0.313 e. The molecule has 0 aliphatic heterocycles. The van der Waals surface area contributed by atoms with E-state index in [1.165, 1.54) is 29.7 Å². The van der Waals surface area contributed by atoms with Crippen LogP contribution >= 0.6 is 23.1 Å². The van der Waals surface area contributed by atoms with Gasteiger partial charge in [-0.05, 0) is 18.6 Å². The standard InChI is InChI=1S/C16H16N2O5S2/c1-2-10-5-11(15(23)9-3-4-12(19)17-6-9)16(25-10)18-13(20)7-24-8-14(21)22/h3-6H,2,7-8H2,1H3,(H,17,19)(H,18,20)(H,21,22). The fraction of sp³-hybridized carbons (Fsp3) is 0.250. The molecule has 0 aliphatic rings. The summed E-state index contributed by atoms with van der Waals surface area (Å²) in [6.45, 7) is 1.94. The van der Waals surface area contributed by atoms with Crippen LogP contribution in [0.1, 0.15) is 27.7 Å². The number of amides is 1. The van der Waals surface area contributed by atoms with E-state index in [1.807, 2.05) is 6.92 Å². The van der Waals surface area contributed by atoms with Gasteiger partial charge in [0.1, 0.15) is 5.00 Å². The monoisotopic (exact) mass is 380 g/mol. The highest BCUT2D eigenvalue weighted by atomic mass is 32.2. The maximum absolute atomic E-state index is 12.6. The van der Waals surface area contributed by atoms with Crippen molar-refractivity contribution < 1.29 is 24.6 Å². The first-order valence-corrected chi connectivity index (χ1v) is 9.29. The summed E-state index contributed by atoms with van der Waals surface area (Å²) in [4.78, 5) is 39.7. The number of carboxylic acids is 1. The number of thiophene rings is 1. The lowest BCUT2D eigenvalue weighted by atomic mass is 10.1. The van der Waals surface area contributed by atoms with Gasteiger partial charge < -0.3 is 15.5 Å². The normalized spacial score (nSPS) is 10.4. The average Bonchev–Trinajstić information content (AvgIpc) is 2.97. The molecule has 0 atom stereocenters. The molecule has 0 aliphatic carbocycles. The van der Waals surface area contributed by atoms with E-state index in [1.54, 1.807) is 6.07 Å². The van der Waals surface area contributed by atoms with Gasteiger partial charge in [0.25, 0.3) is 0 Å². The van der Waals surface area contributed by atoms with Crippen LogP contribution in [0.25, 0.3) is 0 Å². The minimum atomic E-state index is -0.988. The molecule has 9 heteroatoms. The lowest BCUT2D eigenvalue weighted by molar-refractivity contribution is -0.133. The molecular formula is C16H16N2O5S2. The third kappa shape index (κ3) is 5.30. The summed E-state index contributed by atoms with van der Waals surface area (Å²) in [5.74, 6) is -2.02. The van der Waals surface area contributed by atoms with Crippen molar-refractivity contribution in [2.75, 3.05) is 16.8 Å². The molecule has 0 aromatic carbocycles. The van der Waals surface area contributed by atoms with Crippen LogP contribution in [-0.2, 0) is 16.0 Å². The van der Waals surface area contributed by atoms with Crippen molar-refractivity contribution in [3.8, 4) is 5.88 Å². The van der Waals surface area contributed by atoms with Gasteiger partial charge in [-0.15, -0.1) is 23.1 Å². The number of carbonyl (C=O) groups excluding carboxylic acids is 2. The molecule has 0 saturated carbocycles. The number of hydrogen-bond donors (Lipinski definition) is 3. The Hall–Kier alpha value is -2.39. The fourth-order valence-electron chi connectivity index (χ4n) is 1.95. The van der Waals surface area contributed by atoms with Gasteiger partial charge >= 0.3 is 5.97 Å². The van der Waals surface area contributed by atoms with E-state index in [0.717, 1.165) is 16.6 Å². The summed E-state index contributed by atoms with van der Waals surface area (Å²) < 4.78 is 0. The number of aromatic nitrogens is 1. The Labute approximate surface area is 152 Å². The van der Waals surface area contributed by atoms with E-state index in [4.69, 9.17) is 5.11 Å². The molecule has 0 unspecified atom stereocenters. The van der Waals surface area contributed by atoms with Crippen LogP contribution in [0.15, 0.2) is 24.4 Å². The second-order valence-electron chi connectivity index (χ2n) is 4.98. The summed E-state index contributed by atoms with van der Waals surface area (Å²) in [6, 6.07) is 4.50. The van der Waals surface area contributed by atoms with Crippen LogP contribution in [0.4, 0.5) is 5.00 Å². The first-order valence-electron chi connectivity index (χ1n) is 7.32. The molecule has 0 saturated heterocycles. The minimum Gasteiger partial charge on any atom is -0.493 e.